The van der Waals surface area contributed by atoms with Crippen LogP contribution in [0.3, 0.4) is 0 Å². The second-order valence-electron chi connectivity index (χ2n) is 17.3. The molecular formula is C55H80IrO4. The van der Waals surface area contributed by atoms with E-state index in [4.69, 9.17) is 9.47 Å². The predicted molar refractivity (Wildman–Crippen MR) is 252 cm³/mol. The van der Waals surface area contributed by atoms with Crippen molar-refractivity contribution in [3.8, 4) is 33.8 Å². The molecule has 2 atom stereocenters. The quantitative estimate of drug-likeness (QED) is 0.0511. The molecule has 60 heavy (non-hydrogen) atoms. The van der Waals surface area contributed by atoms with Crippen LogP contribution in [0.4, 0.5) is 0 Å². The molecule has 4 nitrogen and oxygen atoms in total. The monoisotopic (exact) mass is 998 g/mol. The maximum Gasteiger partial charge on any atom is 0.119 e. The van der Waals surface area contributed by atoms with Crippen molar-refractivity contribution < 1.29 is 39.8 Å². The summed E-state index contributed by atoms with van der Waals surface area (Å²) in [5, 5.41) is 21.2. The van der Waals surface area contributed by atoms with Crippen LogP contribution in [0.25, 0.3) is 22.3 Å². The summed E-state index contributed by atoms with van der Waals surface area (Å²) in [6, 6.07) is 26.5. The van der Waals surface area contributed by atoms with Gasteiger partial charge in [-0.15, -0.1) is 0 Å². The van der Waals surface area contributed by atoms with Gasteiger partial charge in [-0.1, -0.05) is 159 Å². The van der Waals surface area contributed by atoms with Gasteiger partial charge in [0.2, 0.25) is 0 Å². The largest absolute Gasteiger partial charge is 0.491 e. The Kier molecular flexibility index (Phi) is 25.2. The molecule has 0 fully saturated rings. The minimum Gasteiger partial charge on any atom is -0.491 e. The second kappa shape index (κ2) is 29.4. The van der Waals surface area contributed by atoms with E-state index in [2.05, 4.69) is 71.0 Å². The van der Waals surface area contributed by atoms with Gasteiger partial charge in [0.15, 0.2) is 0 Å². The van der Waals surface area contributed by atoms with Crippen molar-refractivity contribution in [3.05, 3.63) is 106 Å². The minimum absolute atomic E-state index is 0. The molecule has 333 valence electrons. The first kappa shape index (κ1) is 51.4. The van der Waals surface area contributed by atoms with Crippen LogP contribution < -0.4 is 9.47 Å². The van der Waals surface area contributed by atoms with Crippen molar-refractivity contribution in [1.29, 1.82) is 0 Å². The Balaban J connectivity index is 0.00000961. The summed E-state index contributed by atoms with van der Waals surface area (Å²) in [4.78, 5) is 0. The fourth-order valence-corrected chi connectivity index (χ4v) is 8.33. The summed E-state index contributed by atoms with van der Waals surface area (Å²) in [6.07, 6.45) is 23.3. The van der Waals surface area contributed by atoms with Gasteiger partial charge >= 0.3 is 0 Å². The average molecular weight is 997 g/mol. The molecule has 0 aromatic heterocycles. The maximum absolute atomic E-state index is 10.7. The standard InChI is InChI=1S/C55H80O4.Ir/c1-7-11-15-19-23-45-36-54(46(35-43(45)6)24-20-16-12-8-2)55-38-47(25-21-17-13-9-3)53(37-48(55)26-22-18-14-10-4)44-29-33-52(34-30-44)59-41-50(57)39-49(56)40-58-51-31-27-42(5)28-32-51;/h27-38,49-50,56-57H,7-26,39-41H2,1-6H3;. The Morgan fingerprint density at radius 1 is 0.433 bits per heavy atom. The Morgan fingerprint density at radius 3 is 1.25 bits per heavy atom. The fraction of sp³-hybridized carbons (Fsp3) is 0.564. The Hall–Kier alpha value is -2.95. The van der Waals surface area contributed by atoms with Gasteiger partial charge < -0.3 is 19.7 Å². The zero-order chi connectivity index (χ0) is 42.2. The van der Waals surface area contributed by atoms with E-state index in [0.717, 1.165) is 37.0 Å². The van der Waals surface area contributed by atoms with E-state index in [9.17, 15) is 10.2 Å². The number of rotatable bonds is 30. The summed E-state index contributed by atoms with van der Waals surface area (Å²) < 4.78 is 11.8. The SMILES string of the molecule is CCCCCCc1cc(-c2cc(CCCCCC)c(-c3ccc(OCC(O)CC(O)COc4ccc(C)cc4)cc3)cc2CCCCCC)c(CCCCCC)cc1C.[Ir]. The van der Waals surface area contributed by atoms with E-state index in [1.54, 1.807) is 0 Å². The van der Waals surface area contributed by atoms with Crippen LogP contribution in [0.2, 0.25) is 0 Å². The number of hydrogen-bond donors (Lipinski definition) is 2. The van der Waals surface area contributed by atoms with Crippen molar-refractivity contribution in [3.63, 3.8) is 0 Å². The molecule has 0 aliphatic carbocycles. The number of unbranched alkanes of at least 4 members (excludes halogenated alkanes) is 12. The van der Waals surface area contributed by atoms with E-state index < -0.39 is 12.2 Å². The topological polar surface area (TPSA) is 58.9 Å². The van der Waals surface area contributed by atoms with Crippen LogP contribution in [-0.2, 0) is 45.8 Å². The molecule has 4 rings (SSSR count). The first-order valence-electron chi connectivity index (χ1n) is 23.8. The molecular weight excluding hydrogens is 917 g/mol. The van der Waals surface area contributed by atoms with Gasteiger partial charge in [-0.25, -0.2) is 0 Å². The Morgan fingerprint density at radius 2 is 0.800 bits per heavy atom. The molecule has 0 saturated carbocycles. The van der Waals surface area contributed by atoms with Crippen LogP contribution in [0.15, 0.2) is 72.8 Å². The second-order valence-corrected chi connectivity index (χ2v) is 17.3. The first-order valence-corrected chi connectivity index (χ1v) is 23.8. The van der Waals surface area contributed by atoms with Crippen LogP contribution in [0.1, 0.15) is 170 Å². The number of ether oxygens (including phenoxy) is 2. The van der Waals surface area contributed by atoms with Crippen LogP contribution >= 0.6 is 0 Å². The molecule has 0 amide bonds. The molecule has 0 spiro atoms. The Bertz CT molecular complexity index is 1750. The van der Waals surface area contributed by atoms with Crippen LogP contribution in [0.5, 0.6) is 11.5 Å². The van der Waals surface area contributed by atoms with Crippen molar-refractivity contribution in [2.75, 3.05) is 13.2 Å². The van der Waals surface area contributed by atoms with Gasteiger partial charge in [-0.3, -0.25) is 0 Å². The summed E-state index contributed by atoms with van der Waals surface area (Å²) in [5.74, 6) is 1.43. The average Bonchev–Trinajstić information content (AvgIpc) is 3.24. The van der Waals surface area contributed by atoms with E-state index in [-0.39, 0.29) is 39.7 Å². The van der Waals surface area contributed by atoms with E-state index in [1.165, 1.54) is 153 Å². The summed E-state index contributed by atoms with van der Waals surface area (Å²) >= 11 is 0. The zero-order valence-electron chi connectivity index (χ0n) is 38.4. The number of benzene rings is 4. The summed E-state index contributed by atoms with van der Waals surface area (Å²) in [6.45, 7) is 13.8. The van der Waals surface area contributed by atoms with Crippen LogP contribution in [0, 0.1) is 13.8 Å². The third-order valence-electron chi connectivity index (χ3n) is 12.0. The van der Waals surface area contributed by atoms with E-state index >= 15 is 0 Å². The molecule has 0 aliphatic rings. The molecule has 0 heterocycles. The maximum atomic E-state index is 10.7. The van der Waals surface area contributed by atoms with Crippen molar-refractivity contribution in [2.45, 2.75) is 189 Å². The van der Waals surface area contributed by atoms with Gasteiger partial charge in [0, 0.05) is 26.5 Å². The number of aliphatic hydroxyl groups is 2. The first-order chi connectivity index (χ1) is 28.8. The third-order valence-corrected chi connectivity index (χ3v) is 12.0. The summed E-state index contributed by atoms with van der Waals surface area (Å²) in [5.41, 5.74) is 14.1. The van der Waals surface area contributed by atoms with E-state index in [0.29, 0.717) is 5.75 Å². The molecule has 0 aliphatic heterocycles. The van der Waals surface area contributed by atoms with E-state index in [1.807, 2.05) is 43.3 Å². The smallest absolute Gasteiger partial charge is 0.119 e. The van der Waals surface area contributed by atoms with Gasteiger partial charge in [0.05, 0.1) is 12.2 Å². The predicted octanol–water partition coefficient (Wildman–Crippen LogP) is 14.7. The molecule has 2 unspecified atom stereocenters. The number of aryl methyl sites for hydroxylation is 6. The normalized spacial score (nSPS) is 12.3. The van der Waals surface area contributed by atoms with Crippen LogP contribution in [-0.4, -0.2) is 35.6 Å². The fourth-order valence-electron chi connectivity index (χ4n) is 8.33. The molecule has 0 bridgehead atoms. The number of aliphatic hydroxyl groups excluding tert-OH is 2. The van der Waals surface area contributed by atoms with Gasteiger partial charge in [-0.05, 0) is 140 Å². The molecule has 4 aromatic rings. The van der Waals surface area contributed by atoms with Gasteiger partial charge in [-0.2, -0.15) is 0 Å². The van der Waals surface area contributed by atoms with Crippen molar-refractivity contribution in [2.24, 2.45) is 0 Å². The molecule has 1 radical (unpaired) electrons. The van der Waals surface area contributed by atoms with Crippen molar-refractivity contribution in [1.82, 2.24) is 0 Å². The zero-order valence-corrected chi connectivity index (χ0v) is 40.8. The minimum atomic E-state index is -0.806. The molecule has 2 N–H and O–H groups in total. The van der Waals surface area contributed by atoms with Gasteiger partial charge in [0.25, 0.3) is 0 Å². The van der Waals surface area contributed by atoms with Crippen molar-refractivity contribution >= 4 is 0 Å². The van der Waals surface area contributed by atoms with Gasteiger partial charge in [0.1, 0.15) is 24.7 Å². The third kappa shape index (κ3) is 17.8. The molecule has 5 heteroatoms. The number of hydrogen-bond acceptors (Lipinski definition) is 4. The molecule has 4 aromatic carbocycles. The molecule has 0 saturated heterocycles. The summed E-state index contributed by atoms with van der Waals surface area (Å²) in [7, 11) is 0. The Labute approximate surface area is 379 Å².